The molecule has 0 aromatic heterocycles. The van der Waals surface area contributed by atoms with Gasteiger partial charge in [0.1, 0.15) is 0 Å². The molecule has 0 atom stereocenters. The van der Waals surface area contributed by atoms with Crippen molar-refractivity contribution in [2.45, 2.75) is 20.3 Å². The number of fused-ring (bicyclic) bond motifs is 1. The van der Waals surface area contributed by atoms with Crippen LogP contribution >= 0.6 is 12.2 Å². The van der Waals surface area contributed by atoms with E-state index in [-0.39, 0.29) is 5.97 Å². The van der Waals surface area contributed by atoms with Gasteiger partial charge in [-0.1, -0.05) is 26.0 Å². The van der Waals surface area contributed by atoms with Gasteiger partial charge >= 0.3 is 5.97 Å². The molecule has 1 aromatic rings. The molecule has 1 aliphatic heterocycles. The second-order valence-corrected chi connectivity index (χ2v) is 4.49. The lowest BCUT2D eigenvalue weighted by Gasteiger charge is -2.07. The van der Waals surface area contributed by atoms with Crippen LogP contribution in [0.1, 0.15) is 35.3 Å². The largest absolute Gasteiger partial charge is 0.410 e. The van der Waals surface area contributed by atoms with E-state index < -0.39 is 0 Å². The zero-order valence-electron chi connectivity index (χ0n) is 8.74. The third-order valence-corrected chi connectivity index (χ3v) is 2.69. The molecule has 1 heterocycles. The van der Waals surface area contributed by atoms with Crippen molar-refractivity contribution in [3.63, 3.8) is 0 Å². The molecule has 0 unspecified atom stereocenters. The number of benzene rings is 1. The molecule has 0 fully saturated rings. The summed E-state index contributed by atoms with van der Waals surface area (Å²) >= 11 is 4.98. The molecular weight excluding hydrogens is 208 g/mol. The number of carbonyl (C=O) groups is 1. The van der Waals surface area contributed by atoms with Gasteiger partial charge in [-0.3, -0.25) is 0 Å². The first-order chi connectivity index (χ1) is 7.09. The Morgan fingerprint density at radius 1 is 1.40 bits per heavy atom. The maximum atomic E-state index is 11.6. The Morgan fingerprint density at radius 2 is 2.13 bits per heavy atom. The van der Waals surface area contributed by atoms with Crippen LogP contribution in [0.25, 0.3) is 0 Å². The summed E-state index contributed by atoms with van der Waals surface area (Å²) in [5.41, 5.74) is 2.47. The Hall–Kier alpha value is -1.22. The van der Waals surface area contributed by atoms with Crippen molar-refractivity contribution in [3.05, 3.63) is 34.9 Å². The molecule has 0 radical (unpaired) electrons. The third-order valence-electron chi connectivity index (χ3n) is 2.39. The molecule has 0 saturated heterocycles. The maximum Gasteiger partial charge on any atom is 0.345 e. The standard InChI is InChI=1S/C12H12O2S/c1-7(2)6-8-4-3-5-9-10(8)11(13)14-12(9)15/h3-5,7H,6H2,1-2H3. The molecule has 2 rings (SSSR count). The van der Waals surface area contributed by atoms with Crippen LogP contribution in [0.2, 0.25) is 0 Å². The van der Waals surface area contributed by atoms with Crippen molar-refractivity contribution in [3.8, 4) is 0 Å². The van der Waals surface area contributed by atoms with Crippen LogP contribution in [0.3, 0.4) is 0 Å². The van der Waals surface area contributed by atoms with Gasteiger partial charge in [0.25, 0.3) is 0 Å². The van der Waals surface area contributed by atoms with Crippen molar-refractivity contribution in [2.75, 3.05) is 0 Å². The summed E-state index contributed by atoms with van der Waals surface area (Å²) < 4.78 is 4.95. The van der Waals surface area contributed by atoms with Gasteiger partial charge in [-0.05, 0) is 36.2 Å². The first-order valence-corrected chi connectivity index (χ1v) is 5.39. The van der Waals surface area contributed by atoms with Gasteiger partial charge in [0.05, 0.1) is 5.56 Å². The van der Waals surface area contributed by atoms with Crippen molar-refractivity contribution in [1.29, 1.82) is 0 Å². The van der Waals surface area contributed by atoms with Crippen LogP contribution in [0, 0.1) is 5.92 Å². The van der Waals surface area contributed by atoms with Gasteiger partial charge in [-0.15, -0.1) is 0 Å². The number of cyclic esters (lactones) is 1. The number of esters is 1. The average molecular weight is 220 g/mol. The summed E-state index contributed by atoms with van der Waals surface area (Å²) in [5, 5.41) is 0.306. The Bertz CT molecular complexity index is 435. The minimum absolute atomic E-state index is 0.300. The highest BCUT2D eigenvalue weighted by molar-refractivity contribution is 7.80. The predicted molar refractivity (Wildman–Crippen MR) is 62.1 cm³/mol. The van der Waals surface area contributed by atoms with E-state index in [1.165, 1.54) is 0 Å². The van der Waals surface area contributed by atoms with E-state index in [1.54, 1.807) is 0 Å². The number of thiocarbonyl (C=S) groups is 1. The molecule has 15 heavy (non-hydrogen) atoms. The lowest BCUT2D eigenvalue weighted by atomic mass is 9.96. The summed E-state index contributed by atoms with van der Waals surface area (Å²) in [4.78, 5) is 11.6. The fourth-order valence-electron chi connectivity index (χ4n) is 1.81. The monoisotopic (exact) mass is 220 g/mol. The number of rotatable bonds is 2. The molecule has 0 spiro atoms. The van der Waals surface area contributed by atoms with Gasteiger partial charge < -0.3 is 4.74 Å². The number of hydrogen-bond donors (Lipinski definition) is 0. The van der Waals surface area contributed by atoms with Gasteiger partial charge in [0, 0.05) is 5.56 Å². The topological polar surface area (TPSA) is 26.3 Å². The van der Waals surface area contributed by atoms with E-state index >= 15 is 0 Å². The number of carbonyl (C=O) groups excluding carboxylic acids is 1. The van der Waals surface area contributed by atoms with Crippen LogP contribution in [-0.2, 0) is 11.2 Å². The van der Waals surface area contributed by atoms with Gasteiger partial charge in [-0.2, -0.15) is 0 Å². The highest BCUT2D eigenvalue weighted by Crippen LogP contribution is 2.25. The zero-order valence-corrected chi connectivity index (χ0v) is 9.56. The van der Waals surface area contributed by atoms with Crippen LogP contribution in [-0.4, -0.2) is 11.0 Å². The summed E-state index contributed by atoms with van der Waals surface area (Å²) in [5.74, 6) is 0.213. The van der Waals surface area contributed by atoms with E-state index in [1.807, 2.05) is 18.2 Å². The molecule has 78 valence electrons. The lowest BCUT2D eigenvalue weighted by molar-refractivity contribution is 0.0740. The molecule has 0 amide bonds. The van der Waals surface area contributed by atoms with Crippen LogP contribution in [0.4, 0.5) is 0 Å². The Kier molecular flexibility index (Phi) is 2.57. The number of hydrogen-bond acceptors (Lipinski definition) is 3. The first kappa shape index (κ1) is 10.3. The Labute approximate surface area is 94.2 Å². The average Bonchev–Trinajstić information content (AvgIpc) is 2.43. The van der Waals surface area contributed by atoms with Gasteiger partial charge in [0.2, 0.25) is 5.05 Å². The SMILES string of the molecule is CC(C)Cc1cccc2c1C(=O)OC2=S. The fraction of sp³-hybridized carbons (Fsp3) is 0.333. The highest BCUT2D eigenvalue weighted by Gasteiger charge is 2.28. The summed E-state index contributed by atoms with van der Waals surface area (Å²) in [6, 6.07) is 5.73. The van der Waals surface area contributed by atoms with Crippen molar-refractivity contribution in [1.82, 2.24) is 0 Å². The highest BCUT2D eigenvalue weighted by atomic mass is 32.1. The molecule has 3 heteroatoms. The van der Waals surface area contributed by atoms with Gasteiger partial charge in [-0.25, -0.2) is 4.79 Å². The van der Waals surface area contributed by atoms with E-state index in [0.29, 0.717) is 16.5 Å². The summed E-state index contributed by atoms with van der Waals surface area (Å²) in [6.45, 7) is 4.25. The molecule has 0 bridgehead atoms. The quantitative estimate of drug-likeness (QED) is 0.566. The van der Waals surface area contributed by atoms with Crippen LogP contribution in [0.15, 0.2) is 18.2 Å². The second-order valence-electron chi connectivity index (χ2n) is 4.11. The molecule has 1 aliphatic rings. The third kappa shape index (κ3) is 1.79. The maximum absolute atomic E-state index is 11.6. The van der Waals surface area contributed by atoms with Crippen molar-refractivity contribution in [2.24, 2.45) is 5.92 Å². The van der Waals surface area contributed by atoms with Crippen LogP contribution < -0.4 is 0 Å². The lowest BCUT2D eigenvalue weighted by Crippen LogP contribution is -2.03. The summed E-state index contributed by atoms with van der Waals surface area (Å²) in [6.07, 6.45) is 0.876. The number of ether oxygens (including phenoxy) is 1. The fourth-order valence-corrected chi connectivity index (χ4v) is 2.06. The minimum atomic E-state index is -0.300. The van der Waals surface area contributed by atoms with Crippen molar-refractivity contribution >= 4 is 23.2 Å². The molecule has 2 nitrogen and oxygen atoms in total. The zero-order chi connectivity index (χ0) is 11.0. The second kappa shape index (κ2) is 3.74. The Balaban J connectivity index is 2.50. The Morgan fingerprint density at radius 3 is 2.80 bits per heavy atom. The summed E-state index contributed by atoms with van der Waals surface area (Å²) in [7, 11) is 0. The molecule has 0 N–H and O–H groups in total. The van der Waals surface area contributed by atoms with E-state index in [9.17, 15) is 4.79 Å². The van der Waals surface area contributed by atoms with Gasteiger partial charge in [0.15, 0.2) is 0 Å². The normalized spacial score (nSPS) is 14.3. The first-order valence-electron chi connectivity index (χ1n) is 4.98. The molecule has 1 aromatic carbocycles. The molecule has 0 aliphatic carbocycles. The van der Waals surface area contributed by atoms with Crippen molar-refractivity contribution < 1.29 is 9.53 Å². The van der Waals surface area contributed by atoms with E-state index in [0.717, 1.165) is 17.5 Å². The smallest absolute Gasteiger partial charge is 0.345 e. The van der Waals surface area contributed by atoms with E-state index in [4.69, 9.17) is 17.0 Å². The minimum Gasteiger partial charge on any atom is -0.410 e. The molecular formula is C12H12O2S. The van der Waals surface area contributed by atoms with E-state index in [2.05, 4.69) is 13.8 Å². The molecule has 0 saturated carbocycles. The predicted octanol–water partition coefficient (Wildman–Crippen LogP) is 2.73. The van der Waals surface area contributed by atoms with Crippen LogP contribution in [0.5, 0.6) is 0 Å².